The SMILES string of the molecule is CC(=O)Oc1cccc(C(=O)NCC2CCN(C(=O)c3cccs3)CC2)c1. The van der Waals surface area contributed by atoms with Gasteiger partial charge in [-0.15, -0.1) is 11.3 Å². The van der Waals surface area contributed by atoms with Crippen LogP contribution in [0.5, 0.6) is 5.75 Å². The van der Waals surface area contributed by atoms with Crippen LogP contribution in [0.3, 0.4) is 0 Å². The molecule has 1 fully saturated rings. The summed E-state index contributed by atoms with van der Waals surface area (Å²) < 4.78 is 5.01. The number of nitrogens with one attached hydrogen (secondary N) is 1. The van der Waals surface area contributed by atoms with Gasteiger partial charge in [-0.2, -0.15) is 0 Å². The highest BCUT2D eigenvalue weighted by molar-refractivity contribution is 7.12. The molecule has 27 heavy (non-hydrogen) atoms. The van der Waals surface area contributed by atoms with Gasteiger partial charge in [-0.25, -0.2) is 0 Å². The van der Waals surface area contributed by atoms with Crippen LogP contribution in [0.2, 0.25) is 0 Å². The molecule has 1 aromatic carbocycles. The van der Waals surface area contributed by atoms with Crippen LogP contribution in [0.1, 0.15) is 39.8 Å². The van der Waals surface area contributed by atoms with E-state index in [0.29, 0.717) is 36.9 Å². The van der Waals surface area contributed by atoms with Crippen molar-refractivity contribution >= 4 is 29.1 Å². The molecule has 0 spiro atoms. The van der Waals surface area contributed by atoms with Crippen molar-refractivity contribution in [3.8, 4) is 5.75 Å². The molecule has 2 heterocycles. The average molecular weight is 386 g/mol. The Kier molecular flexibility index (Phi) is 6.24. The summed E-state index contributed by atoms with van der Waals surface area (Å²) in [6, 6.07) is 10.3. The van der Waals surface area contributed by atoms with Gasteiger partial charge in [0.2, 0.25) is 0 Å². The van der Waals surface area contributed by atoms with Crippen LogP contribution in [0, 0.1) is 5.92 Å². The number of amides is 2. The van der Waals surface area contributed by atoms with Crippen molar-refractivity contribution in [1.29, 1.82) is 0 Å². The number of thiophene rings is 1. The van der Waals surface area contributed by atoms with Crippen molar-refractivity contribution in [3.63, 3.8) is 0 Å². The van der Waals surface area contributed by atoms with Crippen LogP contribution in [0.25, 0.3) is 0 Å². The van der Waals surface area contributed by atoms with E-state index in [4.69, 9.17) is 4.74 Å². The van der Waals surface area contributed by atoms with Crippen molar-refractivity contribution in [2.75, 3.05) is 19.6 Å². The quantitative estimate of drug-likeness (QED) is 0.633. The molecule has 2 aromatic rings. The minimum absolute atomic E-state index is 0.0924. The fourth-order valence-electron chi connectivity index (χ4n) is 3.10. The summed E-state index contributed by atoms with van der Waals surface area (Å²) in [7, 11) is 0. The van der Waals surface area contributed by atoms with E-state index in [1.54, 1.807) is 24.3 Å². The molecule has 6 nitrogen and oxygen atoms in total. The maximum Gasteiger partial charge on any atom is 0.308 e. The van der Waals surface area contributed by atoms with E-state index in [1.807, 2.05) is 22.4 Å². The summed E-state index contributed by atoms with van der Waals surface area (Å²) in [6.45, 7) is 3.30. The molecule has 1 saturated heterocycles. The summed E-state index contributed by atoms with van der Waals surface area (Å²) in [5, 5.41) is 4.85. The van der Waals surface area contributed by atoms with Gasteiger partial charge in [0, 0.05) is 32.1 Å². The Morgan fingerprint density at radius 2 is 1.96 bits per heavy atom. The molecule has 1 aliphatic heterocycles. The number of piperidine rings is 1. The van der Waals surface area contributed by atoms with Gasteiger partial charge in [0.05, 0.1) is 4.88 Å². The van der Waals surface area contributed by atoms with Crippen molar-refractivity contribution in [1.82, 2.24) is 10.2 Å². The summed E-state index contributed by atoms with van der Waals surface area (Å²) in [5.74, 6) is 0.181. The van der Waals surface area contributed by atoms with Crippen molar-refractivity contribution in [3.05, 3.63) is 52.2 Å². The largest absolute Gasteiger partial charge is 0.427 e. The van der Waals surface area contributed by atoms with Crippen LogP contribution in [-0.4, -0.2) is 42.3 Å². The molecular weight excluding hydrogens is 364 g/mol. The van der Waals surface area contributed by atoms with E-state index in [0.717, 1.165) is 17.7 Å². The minimum atomic E-state index is -0.420. The van der Waals surface area contributed by atoms with E-state index in [-0.39, 0.29) is 11.8 Å². The molecule has 1 N–H and O–H groups in total. The number of hydrogen-bond donors (Lipinski definition) is 1. The van der Waals surface area contributed by atoms with Crippen molar-refractivity contribution in [2.45, 2.75) is 19.8 Å². The number of ether oxygens (including phenoxy) is 1. The molecule has 0 unspecified atom stereocenters. The maximum absolute atomic E-state index is 12.4. The normalized spacial score (nSPS) is 14.6. The monoisotopic (exact) mass is 386 g/mol. The number of hydrogen-bond acceptors (Lipinski definition) is 5. The van der Waals surface area contributed by atoms with Gasteiger partial charge in [-0.3, -0.25) is 14.4 Å². The molecule has 142 valence electrons. The van der Waals surface area contributed by atoms with E-state index in [1.165, 1.54) is 18.3 Å². The number of esters is 1. The highest BCUT2D eigenvalue weighted by Gasteiger charge is 2.24. The average Bonchev–Trinajstić information content (AvgIpc) is 3.20. The van der Waals surface area contributed by atoms with Crippen LogP contribution >= 0.6 is 11.3 Å². The molecular formula is C20H22N2O4S. The smallest absolute Gasteiger partial charge is 0.308 e. The Labute approximate surface area is 162 Å². The molecule has 0 bridgehead atoms. The second-order valence-corrected chi connectivity index (χ2v) is 7.49. The number of likely N-dealkylation sites (tertiary alicyclic amines) is 1. The molecule has 1 aliphatic rings. The van der Waals surface area contributed by atoms with Gasteiger partial charge in [-0.05, 0) is 48.4 Å². The fourth-order valence-corrected chi connectivity index (χ4v) is 3.79. The third-order valence-corrected chi connectivity index (χ3v) is 5.40. The van der Waals surface area contributed by atoms with E-state index in [2.05, 4.69) is 5.32 Å². The molecule has 7 heteroatoms. The first-order valence-electron chi connectivity index (χ1n) is 8.92. The number of nitrogens with zero attached hydrogens (tertiary/aromatic N) is 1. The summed E-state index contributed by atoms with van der Waals surface area (Å²) in [6.07, 6.45) is 1.73. The van der Waals surface area contributed by atoms with Gasteiger partial charge >= 0.3 is 5.97 Å². The zero-order chi connectivity index (χ0) is 19.2. The molecule has 1 aromatic heterocycles. The lowest BCUT2D eigenvalue weighted by Crippen LogP contribution is -2.41. The van der Waals surface area contributed by atoms with Crippen LogP contribution in [0.15, 0.2) is 41.8 Å². The Bertz CT molecular complexity index is 811. The lowest BCUT2D eigenvalue weighted by Gasteiger charge is -2.31. The van der Waals surface area contributed by atoms with Crippen LogP contribution < -0.4 is 10.1 Å². The zero-order valence-corrected chi connectivity index (χ0v) is 16.0. The first-order valence-corrected chi connectivity index (χ1v) is 9.80. The number of carbonyl (C=O) groups is 3. The van der Waals surface area contributed by atoms with Crippen molar-refractivity contribution < 1.29 is 19.1 Å². The third kappa shape index (κ3) is 5.17. The van der Waals surface area contributed by atoms with Crippen molar-refractivity contribution in [2.24, 2.45) is 5.92 Å². The Morgan fingerprint density at radius 1 is 1.19 bits per heavy atom. The number of carbonyl (C=O) groups excluding carboxylic acids is 3. The van der Waals surface area contributed by atoms with E-state index >= 15 is 0 Å². The number of benzene rings is 1. The lowest BCUT2D eigenvalue weighted by atomic mass is 9.96. The first kappa shape index (κ1) is 19.1. The lowest BCUT2D eigenvalue weighted by molar-refractivity contribution is -0.131. The molecule has 0 aliphatic carbocycles. The standard InChI is InChI=1S/C20H22N2O4S/c1-14(23)26-17-5-2-4-16(12-17)19(24)21-13-15-7-9-22(10-8-15)20(25)18-6-3-11-27-18/h2-6,11-12,15H,7-10,13H2,1H3,(H,21,24). The van der Waals surface area contributed by atoms with Gasteiger partial charge in [0.25, 0.3) is 11.8 Å². The van der Waals surface area contributed by atoms with Gasteiger partial charge in [-0.1, -0.05) is 12.1 Å². The first-order chi connectivity index (χ1) is 13.0. The summed E-state index contributed by atoms with van der Waals surface area (Å²) in [5.41, 5.74) is 0.457. The Hall–Kier alpha value is -2.67. The number of rotatable bonds is 5. The molecule has 2 amide bonds. The molecule has 0 saturated carbocycles. The zero-order valence-electron chi connectivity index (χ0n) is 15.1. The van der Waals surface area contributed by atoms with Gasteiger partial charge in [0.1, 0.15) is 5.75 Å². The third-order valence-electron chi connectivity index (χ3n) is 4.54. The Balaban J connectivity index is 1.46. The van der Waals surface area contributed by atoms with Gasteiger partial charge in [0.15, 0.2) is 0 Å². The topological polar surface area (TPSA) is 75.7 Å². The molecule has 0 radical (unpaired) electrons. The predicted molar refractivity (Wildman–Crippen MR) is 103 cm³/mol. The summed E-state index contributed by atoms with van der Waals surface area (Å²) >= 11 is 1.46. The highest BCUT2D eigenvalue weighted by Crippen LogP contribution is 2.20. The Morgan fingerprint density at radius 3 is 2.63 bits per heavy atom. The second kappa shape index (κ2) is 8.81. The van der Waals surface area contributed by atoms with Crippen LogP contribution in [0.4, 0.5) is 0 Å². The second-order valence-electron chi connectivity index (χ2n) is 6.54. The van der Waals surface area contributed by atoms with E-state index < -0.39 is 5.97 Å². The van der Waals surface area contributed by atoms with Gasteiger partial charge < -0.3 is 15.0 Å². The molecule has 3 rings (SSSR count). The maximum atomic E-state index is 12.4. The predicted octanol–water partition coefficient (Wildman–Crippen LogP) is 2.96. The fraction of sp³-hybridized carbons (Fsp3) is 0.350. The van der Waals surface area contributed by atoms with E-state index in [9.17, 15) is 14.4 Å². The minimum Gasteiger partial charge on any atom is -0.427 e. The summed E-state index contributed by atoms with van der Waals surface area (Å²) in [4.78, 5) is 38.4. The highest BCUT2D eigenvalue weighted by atomic mass is 32.1. The molecule has 0 atom stereocenters. The van der Waals surface area contributed by atoms with Crippen LogP contribution in [-0.2, 0) is 4.79 Å².